The molecule has 0 spiro atoms. The summed E-state index contributed by atoms with van der Waals surface area (Å²) in [7, 11) is 0. The Kier molecular flexibility index (Phi) is 3.50. The Balaban J connectivity index is 1.94. The zero-order chi connectivity index (χ0) is 11.7. The third-order valence-corrected chi connectivity index (χ3v) is 3.66. The molecule has 0 heterocycles. The Morgan fingerprint density at radius 2 is 2.12 bits per heavy atom. The van der Waals surface area contributed by atoms with Crippen LogP contribution in [0.2, 0.25) is 5.02 Å². The minimum Gasteiger partial charge on any atom is -0.328 e. The van der Waals surface area contributed by atoms with Crippen molar-refractivity contribution in [2.24, 2.45) is 11.7 Å². The van der Waals surface area contributed by atoms with Crippen LogP contribution in [0.15, 0.2) is 12.1 Å². The molecule has 0 amide bonds. The van der Waals surface area contributed by atoms with E-state index in [1.54, 1.807) is 13.0 Å². The fraction of sp³-hybridized carbons (Fsp3) is 0.538. The number of aryl methyl sites for hydroxylation is 2. The van der Waals surface area contributed by atoms with Crippen LogP contribution < -0.4 is 5.73 Å². The lowest BCUT2D eigenvalue weighted by Gasteiger charge is -2.32. The third kappa shape index (κ3) is 2.55. The molecule has 2 N–H and O–H groups in total. The van der Waals surface area contributed by atoms with Gasteiger partial charge in [0.05, 0.1) is 5.02 Å². The van der Waals surface area contributed by atoms with E-state index in [1.807, 2.05) is 6.07 Å². The monoisotopic (exact) mass is 241 g/mol. The van der Waals surface area contributed by atoms with E-state index in [0.29, 0.717) is 11.6 Å². The molecule has 0 radical (unpaired) electrons. The number of nitrogens with two attached hydrogens (primary N) is 1. The summed E-state index contributed by atoms with van der Waals surface area (Å²) in [5, 5.41) is 0.236. The van der Waals surface area contributed by atoms with Crippen LogP contribution in [0.3, 0.4) is 0 Å². The maximum absolute atomic E-state index is 13.3. The molecule has 0 atom stereocenters. The molecule has 88 valence electrons. The van der Waals surface area contributed by atoms with Gasteiger partial charge in [0.1, 0.15) is 5.82 Å². The first-order valence-electron chi connectivity index (χ1n) is 5.76. The zero-order valence-corrected chi connectivity index (χ0v) is 10.2. The second-order valence-electron chi connectivity index (χ2n) is 4.84. The molecule has 1 aliphatic carbocycles. The number of hydrogen-bond donors (Lipinski definition) is 1. The van der Waals surface area contributed by atoms with Gasteiger partial charge in [0.15, 0.2) is 0 Å². The van der Waals surface area contributed by atoms with Crippen molar-refractivity contribution in [1.29, 1.82) is 0 Å². The molecule has 0 unspecified atom stereocenters. The molecule has 0 saturated heterocycles. The van der Waals surface area contributed by atoms with Crippen LogP contribution in [-0.4, -0.2) is 6.04 Å². The predicted octanol–water partition coefficient (Wildman–Crippen LogP) is 3.46. The van der Waals surface area contributed by atoms with Crippen molar-refractivity contribution in [2.75, 3.05) is 0 Å². The summed E-state index contributed by atoms with van der Waals surface area (Å²) < 4.78 is 13.3. The van der Waals surface area contributed by atoms with Gasteiger partial charge in [0.25, 0.3) is 0 Å². The Morgan fingerprint density at radius 1 is 1.44 bits per heavy atom. The summed E-state index contributed by atoms with van der Waals surface area (Å²) in [6.07, 6.45) is 4.37. The van der Waals surface area contributed by atoms with Crippen molar-refractivity contribution in [1.82, 2.24) is 0 Å². The number of hydrogen-bond acceptors (Lipinski definition) is 1. The predicted molar refractivity (Wildman–Crippen MR) is 65.2 cm³/mol. The van der Waals surface area contributed by atoms with E-state index in [4.69, 9.17) is 17.3 Å². The van der Waals surface area contributed by atoms with Crippen LogP contribution in [0.4, 0.5) is 4.39 Å². The highest BCUT2D eigenvalue weighted by Crippen LogP contribution is 2.30. The lowest BCUT2D eigenvalue weighted by atomic mass is 9.77. The molecule has 1 aromatic carbocycles. The fourth-order valence-corrected chi connectivity index (χ4v) is 2.62. The van der Waals surface area contributed by atoms with E-state index in [1.165, 1.54) is 0 Å². The Labute approximate surface area is 101 Å². The smallest absolute Gasteiger partial charge is 0.144 e. The topological polar surface area (TPSA) is 26.0 Å². The summed E-state index contributed by atoms with van der Waals surface area (Å²) in [6.45, 7) is 1.75. The van der Waals surface area contributed by atoms with Gasteiger partial charge in [-0.1, -0.05) is 17.7 Å². The van der Waals surface area contributed by atoms with E-state index < -0.39 is 0 Å². The molecule has 1 aliphatic rings. The number of rotatable bonds is 3. The molecular formula is C13H17ClFN. The second kappa shape index (κ2) is 4.72. The minimum absolute atomic E-state index is 0.236. The molecule has 1 saturated carbocycles. The van der Waals surface area contributed by atoms with E-state index in [0.717, 1.165) is 37.2 Å². The van der Waals surface area contributed by atoms with Gasteiger partial charge in [-0.3, -0.25) is 0 Å². The largest absolute Gasteiger partial charge is 0.328 e. The molecule has 3 heteroatoms. The summed E-state index contributed by atoms with van der Waals surface area (Å²) >= 11 is 5.81. The Hall–Kier alpha value is -0.600. The SMILES string of the molecule is Cc1cc(CC[C@H]2C[C@H](N)C2)cc(Cl)c1F. The Morgan fingerprint density at radius 3 is 2.69 bits per heavy atom. The third-order valence-electron chi connectivity index (χ3n) is 3.38. The van der Waals surface area contributed by atoms with Crippen LogP contribution in [0.25, 0.3) is 0 Å². The van der Waals surface area contributed by atoms with Crippen LogP contribution in [-0.2, 0) is 6.42 Å². The summed E-state index contributed by atoms with van der Waals surface area (Å²) in [5.41, 5.74) is 7.50. The van der Waals surface area contributed by atoms with Gasteiger partial charge in [-0.2, -0.15) is 0 Å². The maximum Gasteiger partial charge on any atom is 0.144 e. The van der Waals surface area contributed by atoms with E-state index >= 15 is 0 Å². The molecule has 1 nitrogen and oxygen atoms in total. The van der Waals surface area contributed by atoms with Crippen molar-refractivity contribution in [3.63, 3.8) is 0 Å². The van der Waals surface area contributed by atoms with Gasteiger partial charge in [-0.05, 0) is 55.7 Å². The fourth-order valence-electron chi connectivity index (χ4n) is 2.34. The van der Waals surface area contributed by atoms with Crippen molar-refractivity contribution in [3.05, 3.63) is 34.1 Å². The zero-order valence-electron chi connectivity index (χ0n) is 9.47. The van der Waals surface area contributed by atoms with E-state index in [2.05, 4.69) is 0 Å². The molecule has 0 aromatic heterocycles. The molecule has 16 heavy (non-hydrogen) atoms. The van der Waals surface area contributed by atoms with E-state index in [9.17, 15) is 4.39 Å². The van der Waals surface area contributed by atoms with Gasteiger partial charge in [0.2, 0.25) is 0 Å². The van der Waals surface area contributed by atoms with Gasteiger partial charge < -0.3 is 5.73 Å². The first kappa shape index (κ1) is 11.9. The van der Waals surface area contributed by atoms with Crippen molar-refractivity contribution in [2.45, 2.75) is 38.6 Å². The van der Waals surface area contributed by atoms with Crippen LogP contribution in [0.5, 0.6) is 0 Å². The first-order chi connectivity index (χ1) is 7.56. The molecule has 0 aliphatic heterocycles. The van der Waals surface area contributed by atoms with Gasteiger partial charge in [-0.15, -0.1) is 0 Å². The highest BCUT2D eigenvalue weighted by molar-refractivity contribution is 6.30. The summed E-state index contributed by atoms with van der Waals surface area (Å²) in [6, 6.07) is 4.03. The van der Waals surface area contributed by atoms with Crippen LogP contribution >= 0.6 is 11.6 Å². The normalized spacial score (nSPS) is 24.2. The molecular weight excluding hydrogens is 225 g/mol. The Bertz CT molecular complexity index is 363. The van der Waals surface area contributed by atoms with Crippen molar-refractivity contribution < 1.29 is 4.39 Å². The average Bonchev–Trinajstić information content (AvgIpc) is 2.19. The van der Waals surface area contributed by atoms with E-state index in [-0.39, 0.29) is 10.8 Å². The number of halogens is 2. The van der Waals surface area contributed by atoms with Gasteiger partial charge in [0, 0.05) is 6.04 Å². The maximum atomic E-state index is 13.3. The van der Waals surface area contributed by atoms with Gasteiger partial charge >= 0.3 is 0 Å². The van der Waals surface area contributed by atoms with Crippen molar-refractivity contribution >= 4 is 11.6 Å². The number of benzene rings is 1. The molecule has 1 fully saturated rings. The summed E-state index contributed by atoms with van der Waals surface area (Å²) in [5.74, 6) is 0.454. The standard InChI is InChI=1S/C13H17ClFN/c1-8-4-9(7-12(14)13(8)15)2-3-10-5-11(16)6-10/h4,7,10-11H,2-3,5-6,16H2,1H3/t10-,11-. The highest BCUT2D eigenvalue weighted by Gasteiger charge is 2.25. The molecule has 2 rings (SSSR count). The minimum atomic E-state index is -0.295. The molecule has 1 aromatic rings. The highest BCUT2D eigenvalue weighted by atomic mass is 35.5. The quantitative estimate of drug-likeness (QED) is 0.862. The van der Waals surface area contributed by atoms with Gasteiger partial charge in [-0.25, -0.2) is 4.39 Å². The molecule has 0 bridgehead atoms. The first-order valence-corrected chi connectivity index (χ1v) is 6.14. The van der Waals surface area contributed by atoms with Crippen LogP contribution in [0.1, 0.15) is 30.4 Å². The van der Waals surface area contributed by atoms with Crippen LogP contribution in [0, 0.1) is 18.7 Å². The summed E-state index contributed by atoms with van der Waals surface area (Å²) in [4.78, 5) is 0. The lowest BCUT2D eigenvalue weighted by Crippen LogP contribution is -2.36. The lowest BCUT2D eigenvalue weighted by molar-refractivity contribution is 0.250. The van der Waals surface area contributed by atoms with Crippen molar-refractivity contribution in [3.8, 4) is 0 Å². The average molecular weight is 242 g/mol. The second-order valence-corrected chi connectivity index (χ2v) is 5.25.